The van der Waals surface area contributed by atoms with Crippen LogP contribution in [-0.4, -0.2) is 21.2 Å². The van der Waals surface area contributed by atoms with E-state index in [0.29, 0.717) is 16.0 Å². The van der Waals surface area contributed by atoms with Crippen molar-refractivity contribution in [1.29, 1.82) is 0 Å². The first-order valence-electron chi connectivity index (χ1n) is 5.57. The van der Waals surface area contributed by atoms with E-state index in [-0.39, 0.29) is 11.5 Å². The molecule has 0 aliphatic rings. The summed E-state index contributed by atoms with van der Waals surface area (Å²) in [6.07, 6.45) is -1.15. The fourth-order valence-corrected chi connectivity index (χ4v) is 3.18. The van der Waals surface area contributed by atoms with Gasteiger partial charge in [0.25, 0.3) is 5.56 Å². The number of fused-ring (bicyclic) bond motifs is 1. The third kappa shape index (κ3) is 2.95. The van der Waals surface area contributed by atoms with Gasteiger partial charge in [0.15, 0.2) is 0 Å². The number of thiophene rings is 1. The van der Waals surface area contributed by atoms with Crippen LogP contribution in [0.2, 0.25) is 0 Å². The molecule has 1 unspecified atom stereocenters. The quantitative estimate of drug-likeness (QED) is 0.796. The van der Waals surface area contributed by atoms with E-state index in [0.717, 1.165) is 3.79 Å². The monoisotopic (exact) mass is 345 g/mol. The number of nitrogens with zero attached hydrogens (tertiary/aromatic N) is 1. The van der Waals surface area contributed by atoms with E-state index < -0.39 is 12.1 Å². The molecule has 102 valence electrons. The molecular weight excluding hydrogens is 334 g/mol. The average molecular weight is 346 g/mol. The summed E-state index contributed by atoms with van der Waals surface area (Å²) in [6.45, 7) is 3.71. The number of amides is 1. The second-order valence-electron chi connectivity index (χ2n) is 4.39. The fourth-order valence-electron chi connectivity index (χ4n) is 1.76. The lowest BCUT2D eigenvalue weighted by Crippen LogP contribution is -2.33. The predicted molar refractivity (Wildman–Crippen MR) is 76.7 cm³/mol. The Hall–Kier alpha value is -1.41. The normalized spacial score (nSPS) is 12.8. The summed E-state index contributed by atoms with van der Waals surface area (Å²) >= 11 is 4.60. The van der Waals surface area contributed by atoms with E-state index in [1.54, 1.807) is 6.07 Å². The zero-order valence-corrected chi connectivity index (χ0v) is 12.6. The molecule has 0 radical (unpaired) electrons. The third-order valence-electron chi connectivity index (χ3n) is 2.61. The Morgan fingerprint density at radius 2 is 2.26 bits per heavy atom. The van der Waals surface area contributed by atoms with Crippen LogP contribution < -0.4 is 10.9 Å². The van der Waals surface area contributed by atoms with Crippen LogP contribution in [0.1, 0.15) is 25.7 Å². The second-order valence-corrected chi connectivity index (χ2v) is 6.82. The molecule has 19 heavy (non-hydrogen) atoms. The van der Waals surface area contributed by atoms with Crippen LogP contribution >= 0.6 is 27.3 Å². The molecule has 6 nitrogen and oxygen atoms in total. The van der Waals surface area contributed by atoms with Gasteiger partial charge in [0.1, 0.15) is 10.5 Å². The lowest BCUT2D eigenvalue weighted by atomic mass is 10.0. The molecule has 2 aromatic rings. The highest BCUT2D eigenvalue weighted by atomic mass is 79.9. The van der Waals surface area contributed by atoms with Gasteiger partial charge in [0.05, 0.1) is 15.3 Å². The van der Waals surface area contributed by atoms with Crippen molar-refractivity contribution < 1.29 is 9.90 Å². The maximum absolute atomic E-state index is 11.9. The lowest BCUT2D eigenvalue weighted by molar-refractivity contribution is 0.185. The molecule has 0 spiro atoms. The summed E-state index contributed by atoms with van der Waals surface area (Å²) < 4.78 is 1.33. The largest absolute Gasteiger partial charge is 0.465 e. The minimum Gasteiger partial charge on any atom is -0.465 e. The molecule has 0 saturated heterocycles. The van der Waals surface area contributed by atoms with Gasteiger partial charge in [0, 0.05) is 0 Å². The van der Waals surface area contributed by atoms with Crippen LogP contribution in [0.25, 0.3) is 10.2 Å². The Balaban J connectivity index is 2.53. The number of carbonyl (C=O) groups is 1. The van der Waals surface area contributed by atoms with E-state index in [1.165, 1.54) is 11.3 Å². The molecule has 3 N–H and O–H groups in total. The Morgan fingerprint density at radius 1 is 1.58 bits per heavy atom. The Morgan fingerprint density at radius 3 is 2.84 bits per heavy atom. The van der Waals surface area contributed by atoms with Crippen molar-refractivity contribution in [1.82, 2.24) is 15.3 Å². The minimum absolute atomic E-state index is 0.0289. The number of rotatable bonds is 3. The maximum Gasteiger partial charge on any atom is 0.405 e. The Labute approximate surface area is 121 Å². The van der Waals surface area contributed by atoms with Crippen LogP contribution in [0.4, 0.5) is 4.79 Å². The molecule has 0 aromatic carbocycles. The van der Waals surface area contributed by atoms with E-state index >= 15 is 0 Å². The summed E-state index contributed by atoms with van der Waals surface area (Å²) in [7, 11) is 0. The molecule has 0 aliphatic carbocycles. The van der Waals surface area contributed by atoms with Crippen molar-refractivity contribution in [3.63, 3.8) is 0 Å². The number of H-pyrrole nitrogens is 1. The van der Waals surface area contributed by atoms with Crippen molar-refractivity contribution in [3.8, 4) is 0 Å². The van der Waals surface area contributed by atoms with Gasteiger partial charge in [-0.2, -0.15) is 0 Å². The molecule has 0 saturated carbocycles. The third-order valence-corrected chi connectivity index (χ3v) is 4.24. The molecule has 1 amide bonds. The van der Waals surface area contributed by atoms with E-state index in [1.807, 2.05) is 13.8 Å². The Kier molecular flexibility index (Phi) is 3.91. The van der Waals surface area contributed by atoms with Crippen LogP contribution in [0.15, 0.2) is 14.6 Å². The van der Waals surface area contributed by atoms with Gasteiger partial charge < -0.3 is 15.4 Å². The highest BCUT2D eigenvalue weighted by Gasteiger charge is 2.21. The predicted octanol–water partition coefficient (Wildman–Crippen LogP) is 2.71. The van der Waals surface area contributed by atoms with Gasteiger partial charge >= 0.3 is 6.09 Å². The van der Waals surface area contributed by atoms with Gasteiger partial charge in [-0.05, 0) is 27.9 Å². The first kappa shape index (κ1) is 14.0. The lowest BCUT2D eigenvalue weighted by Gasteiger charge is -2.19. The highest BCUT2D eigenvalue weighted by Crippen LogP contribution is 2.27. The zero-order chi connectivity index (χ0) is 14.2. The molecule has 0 bridgehead atoms. The summed E-state index contributed by atoms with van der Waals surface area (Å²) in [5.41, 5.74) is 0.307. The topological polar surface area (TPSA) is 95.1 Å². The van der Waals surface area contributed by atoms with Crippen LogP contribution in [0, 0.1) is 5.92 Å². The summed E-state index contributed by atoms with van der Waals surface area (Å²) in [5.74, 6) is 0.305. The number of carboxylic acid groups (broad SMARTS) is 1. The summed E-state index contributed by atoms with van der Waals surface area (Å²) in [5, 5.41) is 11.2. The number of nitrogens with one attached hydrogen (secondary N) is 2. The van der Waals surface area contributed by atoms with Gasteiger partial charge in [-0.1, -0.05) is 13.8 Å². The van der Waals surface area contributed by atoms with Gasteiger partial charge in [0.2, 0.25) is 0 Å². The molecule has 2 heterocycles. The zero-order valence-electron chi connectivity index (χ0n) is 10.2. The molecule has 0 fully saturated rings. The molecule has 2 aromatic heterocycles. The second kappa shape index (κ2) is 5.30. The maximum atomic E-state index is 11.9. The van der Waals surface area contributed by atoms with Crippen molar-refractivity contribution in [2.75, 3.05) is 0 Å². The molecule has 8 heteroatoms. The van der Waals surface area contributed by atoms with Crippen LogP contribution in [0.5, 0.6) is 0 Å². The Bertz CT molecular complexity index is 679. The number of hydrogen-bond acceptors (Lipinski definition) is 4. The summed E-state index contributed by atoms with van der Waals surface area (Å²) in [4.78, 5) is 29.7. The highest BCUT2D eigenvalue weighted by molar-refractivity contribution is 9.11. The number of hydrogen-bond donors (Lipinski definition) is 3. The van der Waals surface area contributed by atoms with Crippen LogP contribution in [-0.2, 0) is 0 Å². The summed E-state index contributed by atoms with van der Waals surface area (Å²) in [6, 6.07) is 1.20. The standard InChI is InChI=1S/C11H12BrN3O3S/c1-4(2)7(14-11(17)18)9-13-5-3-6(12)19-8(5)10(16)15-9/h3-4,7,14H,1-2H3,(H,17,18)(H,13,15,16). The first-order valence-corrected chi connectivity index (χ1v) is 7.18. The fraction of sp³-hybridized carbons (Fsp3) is 0.364. The smallest absolute Gasteiger partial charge is 0.405 e. The number of aromatic amines is 1. The number of halogens is 1. The molecule has 2 rings (SSSR count). The van der Waals surface area contributed by atoms with E-state index in [9.17, 15) is 9.59 Å². The van der Waals surface area contributed by atoms with Gasteiger partial charge in [-0.3, -0.25) is 4.79 Å². The van der Waals surface area contributed by atoms with Gasteiger partial charge in [-0.25, -0.2) is 9.78 Å². The van der Waals surface area contributed by atoms with Crippen molar-refractivity contribution in [2.24, 2.45) is 5.92 Å². The van der Waals surface area contributed by atoms with Crippen LogP contribution in [0.3, 0.4) is 0 Å². The van der Waals surface area contributed by atoms with Crippen molar-refractivity contribution >= 4 is 43.6 Å². The van der Waals surface area contributed by atoms with Gasteiger partial charge in [-0.15, -0.1) is 11.3 Å². The van der Waals surface area contributed by atoms with E-state index in [4.69, 9.17) is 5.11 Å². The molecule has 0 aliphatic heterocycles. The van der Waals surface area contributed by atoms with E-state index in [2.05, 4.69) is 31.2 Å². The minimum atomic E-state index is -1.15. The van der Waals surface area contributed by atoms with Crippen molar-refractivity contribution in [2.45, 2.75) is 19.9 Å². The first-order chi connectivity index (χ1) is 8.88. The molecule has 1 atom stereocenters. The SMILES string of the molecule is CC(C)C(NC(=O)O)c1nc2cc(Br)sc2c(=O)[nH]1. The van der Waals surface area contributed by atoms with Crippen molar-refractivity contribution in [3.05, 3.63) is 26.0 Å². The number of aromatic nitrogens is 2. The average Bonchev–Trinajstić information content (AvgIpc) is 2.66. The molecular formula is C11H12BrN3O3S.